The molecule has 4 heteroatoms. The summed E-state index contributed by atoms with van der Waals surface area (Å²) in [5, 5.41) is 3.73. The third kappa shape index (κ3) is 2.15. The van der Waals surface area contributed by atoms with Gasteiger partial charge in [0.05, 0.1) is 6.54 Å². The lowest BCUT2D eigenvalue weighted by Gasteiger charge is -2.05. The fourth-order valence-electron chi connectivity index (χ4n) is 0.841. The summed E-state index contributed by atoms with van der Waals surface area (Å²) in [6, 6.07) is 2.91. The molecular weight excluding hydrogens is 159 g/mol. The van der Waals surface area contributed by atoms with Crippen LogP contribution in [0.1, 0.15) is 13.3 Å². The molecule has 1 atom stereocenters. The van der Waals surface area contributed by atoms with Crippen molar-refractivity contribution in [2.45, 2.75) is 26.1 Å². The molecular formula is C8H11FN2O. The van der Waals surface area contributed by atoms with Crippen molar-refractivity contribution in [1.29, 1.82) is 0 Å². The van der Waals surface area contributed by atoms with Gasteiger partial charge in [0.25, 0.3) is 5.56 Å². The Morgan fingerprint density at radius 3 is 3.08 bits per heavy atom. The number of hydrogen-bond acceptors (Lipinski definition) is 2. The van der Waals surface area contributed by atoms with Gasteiger partial charge in [0.15, 0.2) is 0 Å². The Hall–Kier alpha value is -1.19. The number of hydrogen-bond donors (Lipinski definition) is 0. The molecule has 0 saturated carbocycles. The molecule has 0 aromatic carbocycles. The molecule has 0 N–H and O–H groups in total. The van der Waals surface area contributed by atoms with Gasteiger partial charge in [-0.25, -0.2) is 9.07 Å². The quantitative estimate of drug-likeness (QED) is 0.678. The Labute approximate surface area is 69.8 Å². The summed E-state index contributed by atoms with van der Waals surface area (Å²) in [6.45, 7) is 1.79. The molecule has 0 fully saturated rings. The van der Waals surface area contributed by atoms with Crippen LogP contribution in [0.4, 0.5) is 4.39 Å². The molecule has 0 radical (unpaired) electrons. The minimum Gasteiger partial charge on any atom is -0.268 e. The molecule has 0 aliphatic carbocycles. The van der Waals surface area contributed by atoms with Crippen LogP contribution in [-0.2, 0) is 6.54 Å². The first-order valence-electron chi connectivity index (χ1n) is 3.90. The lowest BCUT2D eigenvalue weighted by atomic mass is 10.3. The molecule has 1 aromatic heterocycles. The number of alkyl halides is 1. The van der Waals surface area contributed by atoms with Crippen molar-refractivity contribution >= 4 is 0 Å². The van der Waals surface area contributed by atoms with Gasteiger partial charge in [-0.15, -0.1) is 0 Å². The summed E-state index contributed by atoms with van der Waals surface area (Å²) in [5.74, 6) is 0. The van der Waals surface area contributed by atoms with Gasteiger partial charge in [-0.05, 0) is 12.5 Å². The van der Waals surface area contributed by atoms with E-state index in [4.69, 9.17) is 0 Å². The molecule has 3 nitrogen and oxygen atoms in total. The second-order valence-electron chi connectivity index (χ2n) is 2.55. The largest absolute Gasteiger partial charge is 0.268 e. The Morgan fingerprint density at radius 2 is 2.50 bits per heavy atom. The zero-order valence-electron chi connectivity index (χ0n) is 6.90. The van der Waals surface area contributed by atoms with E-state index in [1.165, 1.54) is 18.3 Å². The maximum Gasteiger partial charge on any atom is 0.266 e. The first-order valence-corrected chi connectivity index (χ1v) is 3.90. The minimum atomic E-state index is -0.988. The lowest BCUT2D eigenvalue weighted by Crippen LogP contribution is -2.25. The zero-order chi connectivity index (χ0) is 8.97. The molecule has 0 spiro atoms. The van der Waals surface area contributed by atoms with E-state index in [9.17, 15) is 9.18 Å². The first kappa shape index (κ1) is 8.90. The Bertz CT molecular complexity index is 297. The SMILES string of the molecule is CCC(F)Cn1ncccc1=O. The third-order valence-electron chi connectivity index (χ3n) is 1.60. The van der Waals surface area contributed by atoms with E-state index in [0.717, 1.165) is 4.68 Å². The molecule has 1 aromatic rings. The fraction of sp³-hybridized carbons (Fsp3) is 0.500. The van der Waals surface area contributed by atoms with Gasteiger partial charge in [0.2, 0.25) is 0 Å². The fourth-order valence-corrected chi connectivity index (χ4v) is 0.841. The van der Waals surface area contributed by atoms with Gasteiger partial charge in [0, 0.05) is 12.3 Å². The molecule has 0 saturated heterocycles. The molecule has 66 valence electrons. The van der Waals surface area contributed by atoms with Gasteiger partial charge >= 0.3 is 0 Å². The summed E-state index contributed by atoms with van der Waals surface area (Å²) < 4.78 is 13.9. The highest BCUT2D eigenvalue weighted by Crippen LogP contribution is 1.97. The maximum absolute atomic E-state index is 12.8. The highest BCUT2D eigenvalue weighted by molar-refractivity contribution is 4.84. The third-order valence-corrected chi connectivity index (χ3v) is 1.60. The van der Waals surface area contributed by atoms with Gasteiger partial charge < -0.3 is 0 Å². The van der Waals surface area contributed by atoms with Crippen LogP contribution in [0.5, 0.6) is 0 Å². The standard InChI is InChI=1S/C8H11FN2O/c1-2-7(9)6-11-8(12)4-3-5-10-11/h3-5,7H,2,6H2,1H3. The Kier molecular flexibility index (Phi) is 2.96. The summed E-state index contributed by atoms with van der Waals surface area (Å²) in [4.78, 5) is 11.0. The number of aromatic nitrogens is 2. The minimum absolute atomic E-state index is 0.0518. The van der Waals surface area contributed by atoms with Crippen molar-refractivity contribution < 1.29 is 4.39 Å². The average Bonchev–Trinajstić information content (AvgIpc) is 2.09. The van der Waals surface area contributed by atoms with Crippen molar-refractivity contribution in [3.8, 4) is 0 Å². The summed E-state index contributed by atoms with van der Waals surface area (Å²) in [5.41, 5.74) is -0.256. The number of nitrogens with zero attached hydrogens (tertiary/aromatic N) is 2. The normalized spacial score (nSPS) is 12.8. The average molecular weight is 170 g/mol. The maximum atomic E-state index is 12.8. The van der Waals surface area contributed by atoms with Gasteiger partial charge in [0.1, 0.15) is 6.17 Å². The molecule has 0 amide bonds. The van der Waals surface area contributed by atoms with Crippen LogP contribution in [0.25, 0.3) is 0 Å². The number of halogens is 1. The smallest absolute Gasteiger partial charge is 0.266 e. The monoisotopic (exact) mass is 170 g/mol. The summed E-state index contributed by atoms with van der Waals surface area (Å²) in [6.07, 6.45) is 0.893. The predicted octanol–water partition coefficient (Wildman–Crippen LogP) is 0.991. The Morgan fingerprint density at radius 1 is 1.75 bits per heavy atom. The van der Waals surface area contributed by atoms with Crippen molar-refractivity contribution in [2.75, 3.05) is 0 Å². The van der Waals surface area contributed by atoms with Gasteiger partial charge in [-0.3, -0.25) is 4.79 Å². The summed E-state index contributed by atoms with van der Waals surface area (Å²) in [7, 11) is 0. The van der Waals surface area contributed by atoms with Crippen molar-refractivity contribution in [1.82, 2.24) is 9.78 Å². The van der Waals surface area contributed by atoms with Crippen LogP contribution in [0, 0.1) is 0 Å². The van der Waals surface area contributed by atoms with E-state index < -0.39 is 6.17 Å². The van der Waals surface area contributed by atoms with Crippen LogP contribution >= 0.6 is 0 Å². The predicted molar refractivity (Wildman–Crippen MR) is 43.7 cm³/mol. The molecule has 12 heavy (non-hydrogen) atoms. The topological polar surface area (TPSA) is 34.9 Å². The van der Waals surface area contributed by atoms with Gasteiger partial charge in [-0.1, -0.05) is 6.92 Å². The highest BCUT2D eigenvalue weighted by Gasteiger charge is 2.05. The van der Waals surface area contributed by atoms with E-state index >= 15 is 0 Å². The van der Waals surface area contributed by atoms with Crippen LogP contribution in [0.2, 0.25) is 0 Å². The lowest BCUT2D eigenvalue weighted by molar-refractivity contribution is 0.273. The zero-order valence-corrected chi connectivity index (χ0v) is 6.90. The van der Waals surface area contributed by atoms with E-state index in [1.807, 2.05) is 0 Å². The van der Waals surface area contributed by atoms with E-state index in [1.54, 1.807) is 6.92 Å². The van der Waals surface area contributed by atoms with Crippen molar-refractivity contribution in [3.63, 3.8) is 0 Å². The van der Waals surface area contributed by atoms with Gasteiger partial charge in [-0.2, -0.15) is 5.10 Å². The van der Waals surface area contributed by atoms with Crippen molar-refractivity contribution in [3.05, 3.63) is 28.7 Å². The van der Waals surface area contributed by atoms with Crippen LogP contribution in [0.15, 0.2) is 23.1 Å². The Balaban J connectivity index is 2.76. The van der Waals surface area contributed by atoms with Crippen LogP contribution in [0.3, 0.4) is 0 Å². The summed E-state index contributed by atoms with van der Waals surface area (Å²) >= 11 is 0. The van der Waals surface area contributed by atoms with E-state index in [-0.39, 0.29) is 12.1 Å². The second kappa shape index (κ2) is 3.99. The molecule has 0 bridgehead atoms. The molecule has 1 unspecified atom stereocenters. The molecule has 1 rings (SSSR count). The van der Waals surface area contributed by atoms with E-state index in [2.05, 4.69) is 5.10 Å². The second-order valence-corrected chi connectivity index (χ2v) is 2.55. The first-order chi connectivity index (χ1) is 5.74. The van der Waals surface area contributed by atoms with Crippen molar-refractivity contribution in [2.24, 2.45) is 0 Å². The highest BCUT2D eigenvalue weighted by atomic mass is 19.1. The number of rotatable bonds is 3. The van der Waals surface area contributed by atoms with Crippen LogP contribution in [-0.4, -0.2) is 16.0 Å². The molecule has 0 aliphatic rings. The van der Waals surface area contributed by atoms with Crippen LogP contribution < -0.4 is 5.56 Å². The molecule has 0 aliphatic heterocycles. The van der Waals surface area contributed by atoms with E-state index in [0.29, 0.717) is 6.42 Å². The molecule has 1 heterocycles.